The van der Waals surface area contributed by atoms with Gasteiger partial charge in [0, 0.05) is 12.4 Å². The molecule has 0 radical (unpaired) electrons. The number of pyridine rings is 1. The molecule has 2 heterocycles. The van der Waals surface area contributed by atoms with Gasteiger partial charge >= 0.3 is 0 Å². The van der Waals surface area contributed by atoms with Crippen LogP contribution in [0.25, 0.3) is 6.08 Å². The molecule has 0 atom stereocenters. The zero-order valence-electron chi connectivity index (χ0n) is 11.4. The molecule has 3 rings (SSSR count). The molecule has 0 saturated carbocycles. The van der Waals surface area contributed by atoms with E-state index in [0.717, 1.165) is 22.2 Å². The lowest BCUT2D eigenvalue weighted by molar-refractivity contribution is -0.123. The Morgan fingerprint density at radius 2 is 1.95 bits per heavy atom. The molecule has 1 aromatic carbocycles. The Labute approximate surface area is 130 Å². The fourth-order valence-corrected chi connectivity index (χ4v) is 2.86. The first-order chi connectivity index (χ1) is 10.6. The van der Waals surface area contributed by atoms with E-state index in [-0.39, 0.29) is 23.5 Å². The number of nitrogens with zero attached hydrogens (tertiary/aromatic N) is 2. The smallest absolute Gasteiger partial charge is 0.268 e. The summed E-state index contributed by atoms with van der Waals surface area (Å²) < 4.78 is 12.9. The summed E-state index contributed by atoms with van der Waals surface area (Å²) in [5.74, 6) is -0.697. The first-order valence-corrected chi connectivity index (χ1v) is 7.35. The van der Waals surface area contributed by atoms with E-state index in [1.54, 1.807) is 42.7 Å². The first-order valence-electron chi connectivity index (χ1n) is 6.53. The van der Waals surface area contributed by atoms with Crippen LogP contribution in [0.5, 0.6) is 0 Å². The Morgan fingerprint density at radius 1 is 1.18 bits per heavy atom. The fourth-order valence-electron chi connectivity index (χ4n) is 2.02. The fraction of sp³-hybridized carbons (Fsp3) is 0.0625. The molecular formula is C16H11FN2O2S. The van der Waals surface area contributed by atoms with Gasteiger partial charge in [0.1, 0.15) is 5.82 Å². The number of thioether (sulfide) groups is 1. The average molecular weight is 314 g/mol. The van der Waals surface area contributed by atoms with Crippen molar-refractivity contribution < 1.29 is 14.0 Å². The molecule has 1 aliphatic heterocycles. The summed E-state index contributed by atoms with van der Waals surface area (Å²) >= 11 is 0.896. The van der Waals surface area contributed by atoms with Crippen LogP contribution in [0.4, 0.5) is 9.18 Å². The molecule has 6 heteroatoms. The Balaban J connectivity index is 1.80. The van der Waals surface area contributed by atoms with Crippen molar-refractivity contribution in [3.05, 3.63) is 70.6 Å². The van der Waals surface area contributed by atoms with Gasteiger partial charge in [-0.2, -0.15) is 0 Å². The molecule has 0 aliphatic carbocycles. The average Bonchev–Trinajstić information content (AvgIpc) is 2.78. The number of amides is 2. The lowest BCUT2D eigenvalue weighted by atomic mass is 10.2. The van der Waals surface area contributed by atoms with Gasteiger partial charge in [0.05, 0.1) is 11.4 Å². The van der Waals surface area contributed by atoms with E-state index >= 15 is 0 Å². The van der Waals surface area contributed by atoms with Crippen molar-refractivity contribution in [2.24, 2.45) is 0 Å². The predicted octanol–water partition coefficient (Wildman–Crippen LogP) is 3.46. The van der Waals surface area contributed by atoms with E-state index in [0.29, 0.717) is 10.5 Å². The zero-order valence-corrected chi connectivity index (χ0v) is 12.2. The molecule has 2 amide bonds. The normalized spacial score (nSPS) is 16.6. The van der Waals surface area contributed by atoms with Gasteiger partial charge < -0.3 is 0 Å². The number of aromatic nitrogens is 1. The second kappa shape index (κ2) is 6.11. The minimum atomic E-state index is -0.352. The van der Waals surface area contributed by atoms with E-state index in [1.165, 1.54) is 12.1 Å². The lowest BCUT2D eigenvalue weighted by Gasteiger charge is -2.12. The maximum absolute atomic E-state index is 12.9. The first kappa shape index (κ1) is 14.5. The van der Waals surface area contributed by atoms with E-state index < -0.39 is 0 Å². The minimum absolute atomic E-state index is 0.134. The van der Waals surface area contributed by atoms with Gasteiger partial charge in [-0.05, 0) is 47.2 Å². The molecule has 2 aromatic rings. The van der Waals surface area contributed by atoms with Crippen LogP contribution in [-0.2, 0) is 11.3 Å². The van der Waals surface area contributed by atoms with Gasteiger partial charge in [-0.15, -0.1) is 0 Å². The number of rotatable bonds is 3. The third-order valence-corrected chi connectivity index (χ3v) is 4.02. The molecular weight excluding hydrogens is 303 g/mol. The SMILES string of the molecule is O=C1S/C(=C/c2cccnc2)C(=O)N1Cc1ccc(F)cc1. The molecule has 4 nitrogen and oxygen atoms in total. The Kier molecular flexibility index (Phi) is 4.02. The Morgan fingerprint density at radius 3 is 2.64 bits per heavy atom. The van der Waals surface area contributed by atoms with Crippen LogP contribution in [0.3, 0.4) is 0 Å². The number of hydrogen-bond acceptors (Lipinski definition) is 4. The topological polar surface area (TPSA) is 50.3 Å². The Bertz CT molecular complexity index is 745. The molecule has 1 aliphatic rings. The Hall–Kier alpha value is -2.47. The van der Waals surface area contributed by atoms with Crippen LogP contribution >= 0.6 is 11.8 Å². The molecule has 1 saturated heterocycles. The van der Waals surface area contributed by atoms with Crippen LogP contribution < -0.4 is 0 Å². The molecule has 22 heavy (non-hydrogen) atoms. The van der Waals surface area contributed by atoms with Crippen LogP contribution in [0.15, 0.2) is 53.7 Å². The van der Waals surface area contributed by atoms with Crippen molar-refractivity contribution in [2.75, 3.05) is 0 Å². The maximum Gasteiger partial charge on any atom is 0.293 e. The zero-order chi connectivity index (χ0) is 15.5. The minimum Gasteiger partial charge on any atom is -0.268 e. The van der Waals surface area contributed by atoms with Crippen molar-refractivity contribution in [3.63, 3.8) is 0 Å². The summed E-state index contributed by atoms with van der Waals surface area (Å²) in [5, 5.41) is -0.329. The summed E-state index contributed by atoms with van der Waals surface area (Å²) in [5.41, 5.74) is 1.46. The summed E-state index contributed by atoms with van der Waals surface area (Å²) in [7, 11) is 0. The highest BCUT2D eigenvalue weighted by atomic mass is 32.2. The van der Waals surface area contributed by atoms with Gasteiger partial charge in [-0.1, -0.05) is 18.2 Å². The highest BCUT2D eigenvalue weighted by Crippen LogP contribution is 2.33. The van der Waals surface area contributed by atoms with E-state index in [4.69, 9.17) is 0 Å². The quantitative estimate of drug-likeness (QED) is 0.814. The second-order valence-corrected chi connectivity index (χ2v) is 5.67. The predicted molar refractivity (Wildman–Crippen MR) is 82.2 cm³/mol. The molecule has 0 unspecified atom stereocenters. The summed E-state index contributed by atoms with van der Waals surface area (Å²) in [6, 6.07) is 9.29. The standard InChI is InChI=1S/C16H11FN2O2S/c17-13-5-3-11(4-6-13)10-19-15(20)14(22-16(19)21)8-12-2-1-7-18-9-12/h1-9H,10H2/b14-8+. The number of carbonyl (C=O) groups excluding carboxylic acids is 2. The van der Waals surface area contributed by atoms with Crippen LogP contribution in [0, 0.1) is 5.82 Å². The highest BCUT2D eigenvalue weighted by Gasteiger charge is 2.34. The number of imide groups is 1. The van der Waals surface area contributed by atoms with Crippen molar-refractivity contribution in [3.8, 4) is 0 Å². The van der Waals surface area contributed by atoms with Crippen molar-refractivity contribution in [2.45, 2.75) is 6.54 Å². The maximum atomic E-state index is 12.9. The number of halogens is 1. The van der Waals surface area contributed by atoms with Gasteiger partial charge in [-0.3, -0.25) is 19.5 Å². The van der Waals surface area contributed by atoms with Crippen molar-refractivity contribution in [1.29, 1.82) is 0 Å². The molecule has 0 bridgehead atoms. The molecule has 110 valence electrons. The number of hydrogen-bond donors (Lipinski definition) is 0. The molecule has 0 spiro atoms. The van der Waals surface area contributed by atoms with Crippen LogP contribution in [0.2, 0.25) is 0 Å². The third kappa shape index (κ3) is 3.07. The van der Waals surface area contributed by atoms with Crippen LogP contribution in [-0.4, -0.2) is 21.0 Å². The summed E-state index contributed by atoms with van der Waals surface area (Å²) in [6.07, 6.45) is 4.90. The van der Waals surface area contributed by atoms with Gasteiger partial charge in [0.2, 0.25) is 0 Å². The van der Waals surface area contributed by atoms with E-state index in [2.05, 4.69) is 4.98 Å². The van der Waals surface area contributed by atoms with Gasteiger partial charge in [0.15, 0.2) is 0 Å². The molecule has 1 fully saturated rings. The monoisotopic (exact) mass is 314 g/mol. The van der Waals surface area contributed by atoms with Gasteiger partial charge in [0.25, 0.3) is 11.1 Å². The number of benzene rings is 1. The van der Waals surface area contributed by atoms with Crippen LogP contribution in [0.1, 0.15) is 11.1 Å². The van der Waals surface area contributed by atoms with Crippen molar-refractivity contribution in [1.82, 2.24) is 9.88 Å². The van der Waals surface area contributed by atoms with E-state index in [9.17, 15) is 14.0 Å². The van der Waals surface area contributed by atoms with Crippen molar-refractivity contribution >= 4 is 29.0 Å². The molecule has 0 N–H and O–H groups in total. The highest BCUT2D eigenvalue weighted by molar-refractivity contribution is 8.18. The largest absolute Gasteiger partial charge is 0.293 e. The summed E-state index contributed by atoms with van der Waals surface area (Å²) in [6.45, 7) is 0.134. The van der Waals surface area contributed by atoms with Gasteiger partial charge in [-0.25, -0.2) is 4.39 Å². The lowest BCUT2D eigenvalue weighted by Crippen LogP contribution is -2.27. The molecule has 1 aromatic heterocycles. The van der Waals surface area contributed by atoms with E-state index in [1.807, 2.05) is 0 Å². The second-order valence-electron chi connectivity index (χ2n) is 4.68. The third-order valence-electron chi connectivity index (χ3n) is 3.11. The summed E-state index contributed by atoms with van der Waals surface area (Å²) in [4.78, 5) is 29.8. The number of carbonyl (C=O) groups is 2.